The Morgan fingerprint density at radius 1 is 0.800 bits per heavy atom. The van der Waals surface area contributed by atoms with Crippen molar-refractivity contribution < 1.29 is 16.2 Å². The zero-order valence-electron chi connectivity index (χ0n) is 9.25. The molecule has 0 atom stereocenters. The summed E-state index contributed by atoms with van der Waals surface area (Å²) in [7, 11) is 0. The zero-order chi connectivity index (χ0) is 11.2. The molecule has 6 nitrogen and oxygen atoms in total. The Morgan fingerprint density at radius 2 is 1.47 bits per heavy atom. The molecule has 0 aromatic rings. The fourth-order valence-corrected chi connectivity index (χ4v) is 1.24. The number of hydrazine groups is 5. The molecule has 7 heteroatoms. The molecule has 0 spiro atoms. The Hall–Kier alpha value is 0.279. The van der Waals surface area contributed by atoms with Gasteiger partial charge < -0.3 is 0 Å². The zero-order valence-corrected chi connectivity index (χ0v) is 10.2. The summed E-state index contributed by atoms with van der Waals surface area (Å²) in [5.41, 5.74) is 13.4. The second-order valence-corrected chi connectivity index (χ2v) is 3.51. The number of rotatable bonds is 12. The first-order chi connectivity index (χ1) is 7.41. The molecule has 0 saturated carbocycles. The van der Waals surface area contributed by atoms with E-state index in [9.17, 15) is 0 Å². The van der Waals surface area contributed by atoms with Crippen LogP contribution in [0.1, 0.15) is 45.4 Å². The van der Waals surface area contributed by atoms with Crippen molar-refractivity contribution in [1.82, 2.24) is 32.0 Å². The van der Waals surface area contributed by atoms with Crippen LogP contribution < -0.4 is 32.0 Å². The molecule has 0 unspecified atom stereocenters. The van der Waals surface area contributed by atoms with Gasteiger partial charge in [0.25, 0.3) is 0 Å². The first-order valence-electron chi connectivity index (χ1n) is 5.46. The molecule has 0 aromatic heterocycles. The van der Waals surface area contributed by atoms with Crippen LogP contribution in [-0.2, 0) is 16.2 Å². The van der Waals surface area contributed by atoms with E-state index in [1.165, 1.54) is 38.5 Å². The average Bonchev–Trinajstić information content (AvgIpc) is 2.26. The van der Waals surface area contributed by atoms with Gasteiger partial charge in [-0.05, 0) is 0 Å². The van der Waals surface area contributed by atoms with Crippen molar-refractivity contribution in [2.45, 2.75) is 45.4 Å². The Morgan fingerprint density at radius 3 is 2.20 bits per heavy atom. The summed E-state index contributed by atoms with van der Waals surface area (Å²) in [6.45, 7) is 3.18. The molecule has 96 valence electrons. The summed E-state index contributed by atoms with van der Waals surface area (Å²) in [6.07, 6.45) is 7.83. The van der Waals surface area contributed by atoms with Crippen molar-refractivity contribution in [2.24, 2.45) is 0 Å². The minimum atomic E-state index is 0.945. The van der Waals surface area contributed by atoms with E-state index in [1.54, 1.807) is 0 Å². The molecule has 0 fully saturated rings. The second kappa shape index (κ2) is 14.3. The van der Waals surface area contributed by atoms with Crippen molar-refractivity contribution in [1.29, 1.82) is 0 Å². The number of nitrogens with one attached hydrogen (secondary N) is 6. The van der Waals surface area contributed by atoms with Gasteiger partial charge in [-0.25, -0.2) is 0 Å². The van der Waals surface area contributed by atoms with E-state index >= 15 is 0 Å². The third-order valence-corrected chi connectivity index (χ3v) is 2.09. The monoisotopic (exact) mass is 266 g/mol. The molecule has 0 bridgehead atoms. The molecule has 15 heavy (non-hydrogen) atoms. The van der Waals surface area contributed by atoms with Gasteiger partial charge in [-0.15, -0.1) is 0 Å². The van der Waals surface area contributed by atoms with Gasteiger partial charge in [0.15, 0.2) is 0 Å². The van der Waals surface area contributed by atoms with Gasteiger partial charge >= 0.3 is 86.9 Å². The Labute approximate surface area is 101 Å². The average molecular weight is 267 g/mol. The molecular weight excluding hydrogens is 244 g/mol. The summed E-state index contributed by atoms with van der Waals surface area (Å²) in [6, 6.07) is 0. The third kappa shape index (κ3) is 14.3. The summed E-state index contributed by atoms with van der Waals surface area (Å²) < 4.78 is 2.27. The molecule has 0 amide bonds. The van der Waals surface area contributed by atoms with Crippen molar-refractivity contribution >= 4 is 0 Å². The summed E-state index contributed by atoms with van der Waals surface area (Å²) in [4.78, 5) is 0. The van der Waals surface area contributed by atoms with Gasteiger partial charge in [-0.2, -0.15) is 0 Å². The normalized spacial score (nSPS) is 10.9. The van der Waals surface area contributed by atoms with Crippen molar-refractivity contribution in [2.75, 3.05) is 6.54 Å². The van der Waals surface area contributed by atoms with E-state index in [0.717, 1.165) is 6.54 Å². The van der Waals surface area contributed by atoms with Crippen LogP contribution in [0.5, 0.6) is 0 Å². The minimum absolute atomic E-state index is 0.945. The fourth-order valence-electron chi connectivity index (χ4n) is 1.18. The predicted octanol–water partition coefficient (Wildman–Crippen LogP) is -0.0787. The van der Waals surface area contributed by atoms with Gasteiger partial charge in [0.1, 0.15) is 0 Å². The van der Waals surface area contributed by atoms with E-state index < -0.39 is 0 Å². The van der Waals surface area contributed by atoms with Crippen LogP contribution in [-0.4, -0.2) is 6.54 Å². The molecule has 6 N–H and O–H groups in total. The maximum atomic E-state index is 4.54. The molecule has 0 aromatic carbocycles. The molecule has 0 saturated heterocycles. The number of unbranched alkanes of at least 4 members (excludes halogenated alkanes) is 5. The van der Waals surface area contributed by atoms with Crippen molar-refractivity contribution in [3.05, 3.63) is 0 Å². The SMILES string of the molecule is CCCCCCCCNNNNN[NH][Cu]. The molecular formula is C8H23CuN6. The summed E-state index contributed by atoms with van der Waals surface area (Å²) in [5.74, 6) is 0. The van der Waals surface area contributed by atoms with E-state index in [4.69, 9.17) is 0 Å². The van der Waals surface area contributed by atoms with E-state index in [0.29, 0.717) is 0 Å². The van der Waals surface area contributed by atoms with Crippen LogP contribution in [0.3, 0.4) is 0 Å². The van der Waals surface area contributed by atoms with Crippen LogP contribution in [0, 0.1) is 0 Å². The first kappa shape index (κ1) is 15.3. The first-order valence-corrected chi connectivity index (χ1v) is 5.93. The van der Waals surface area contributed by atoms with Crippen LogP contribution in [0.2, 0.25) is 0 Å². The van der Waals surface area contributed by atoms with Gasteiger partial charge in [0, 0.05) is 0 Å². The molecule has 0 radical (unpaired) electrons. The van der Waals surface area contributed by atoms with Gasteiger partial charge in [-0.1, -0.05) is 13.3 Å². The Kier molecular flexibility index (Phi) is 14.5. The van der Waals surface area contributed by atoms with Gasteiger partial charge in [-0.3, -0.25) is 0 Å². The fraction of sp³-hybridized carbons (Fsp3) is 1.00. The second-order valence-electron chi connectivity index (χ2n) is 3.27. The van der Waals surface area contributed by atoms with E-state index in [1.807, 2.05) is 0 Å². The van der Waals surface area contributed by atoms with Crippen LogP contribution in [0.25, 0.3) is 0 Å². The molecule has 0 aliphatic heterocycles. The van der Waals surface area contributed by atoms with E-state index in [2.05, 4.69) is 55.2 Å². The Balaban J connectivity index is 2.81. The number of hydrogen-bond acceptors (Lipinski definition) is 6. The van der Waals surface area contributed by atoms with Crippen LogP contribution >= 0.6 is 0 Å². The third-order valence-electron chi connectivity index (χ3n) is 1.97. The van der Waals surface area contributed by atoms with Crippen LogP contribution in [0.4, 0.5) is 0 Å². The quantitative estimate of drug-likeness (QED) is 0.169. The van der Waals surface area contributed by atoms with Gasteiger partial charge in [0.2, 0.25) is 0 Å². The predicted molar refractivity (Wildman–Crippen MR) is 57.1 cm³/mol. The Bertz CT molecular complexity index is 103. The maximum absolute atomic E-state index is 4.54. The van der Waals surface area contributed by atoms with Gasteiger partial charge in [0.05, 0.1) is 0 Å². The molecule has 0 heterocycles. The summed E-state index contributed by atoms with van der Waals surface area (Å²) in [5, 5.41) is 0. The molecule has 0 rings (SSSR count). The van der Waals surface area contributed by atoms with Crippen molar-refractivity contribution in [3.8, 4) is 0 Å². The van der Waals surface area contributed by atoms with Crippen LogP contribution in [0.15, 0.2) is 0 Å². The van der Waals surface area contributed by atoms with Crippen molar-refractivity contribution in [3.63, 3.8) is 0 Å². The summed E-state index contributed by atoms with van der Waals surface area (Å²) >= 11 is 4.54. The topological polar surface area (TPSA) is 72.2 Å². The molecule has 0 aliphatic carbocycles. The van der Waals surface area contributed by atoms with E-state index in [-0.39, 0.29) is 0 Å². The standard InChI is InChI=1S/C8H23N6.Cu/c1-2-3-4-5-6-7-8-10-12-14-13-11-9;/h9-14H,2-8H2,1H3;/q-1;+1. The molecule has 0 aliphatic rings. The number of hydrogen-bond donors (Lipinski definition) is 6.